The number of halogens is 1. The number of pyridine rings is 1. The Morgan fingerprint density at radius 2 is 1.75 bits per heavy atom. The molecule has 0 spiro atoms. The molecular weight excluding hydrogens is 428 g/mol. The van der Waals surface area contributed by atoms with Gasteiger partial charge in [0.1, 0.15) is 5.52 Å². The maximum absolute atomic E-state index is 11.6. The molecule has 0 saturated carbocycles. The number of nitrogens with one attached hydrogen (secondary N) is 2. The molecule has 4 aromatic heterocycles. The molecule has 0 atom stereocenters. The second-order valence-corrected chi connectivity index (χ2v) is 7.83. The summed E-state index contributed by atoms with van der Waals surface area (Å²) in [5.74, 6) is 0. The first kappa shape index (κ1) is 18.5. The van der Waals surface area contributed by atoms with E-state index in [0.717, 1.165) is 39.4 Å². The molecule has 6 rings (SSSR count). The highest BCUT2D eigenvalue weighted by atomic mass is 35.5. The summed E-state index contributed by atoms with van der Waals surface area (Å²) in [6.45, 7) is 1.94. The third kappa shape index (κ3) is 2.90. The third-order valence-corrected chi connectivity index (χ3v) is 5.60. The first-order chi connectivity index (χ1) is 15.6. The molecule has 0 unspecified atom stereocenters. The van der Waals surface area contributed by atoms with Gasteiger partial charge < -0.3 is 9.97 Å². The van der Waals surface area contributed by atoms with E-state index in [4.69, 9.17) is 11.6 Å². The maximum atomic E-state index is 11.6. The number of hydrogen-bond acceptors (Lipinski definition) is 5. The molecule has 0 amide bonds. The molecule has 9 nitrogen and oxygen atoms in total. The number of H-pyrrole nitrogens is 2. The average Bonchev–Trinajstić information content (AvgIpc) is 3.50. The van der Waals surface area contributed by atoms with E-state index in [9.17, 15) is 4.79 Å². The number of fused-ring (bicyclic) bond motifs is 2. The highest BCUT2D eigenvalue weighted by Crippen LogP contribution is 2.32. The zero-order chi connectivity index (χ0) is 21.8. The van der Waals surface area contributed by atoms with Gasteiger partial charge in [0, 0.05) is 17.5 Å². The number of benzene rings is 2. The van der Waals surface area contributed by atoms with E-state index in [0.29, 0.717) is 16.1 Å². The largest absolute Gasteiger partial charge is 0.323 e. The van der Waals surface area contributed by atoms with Crippen molar-refractivity contribution in [2.45, 2.75) is 6.92 Å². The van der Waals surface area contributed by atoms with Crippen LogP contribution >= 0.6 is 11.6 Å². The van der Waals surface area contributed by atoms with Gasteiger partial charge in [0.15, 0.2) is 0 Å². The standard InChI is InChI=1S/C22H15ClN8O/c1-12-8-15(4-6-24-12)30-19(5-7-25-30)13-9-16(23)21-20(10-13)31(29-28-21)14-2-3-17-18(11-14)27-22(32)26-17/h2-11H,1H3,(H2,26,27,32). The monoisotopic (exact) mass is 442 g/mol. The molecule has 0 bridgehead atoms. The molecule has 0 aliphatic carbocycles. The molecule has 0 aliphatic heterocycles. The molecule has 4 heterocycles. The van der Waals surface area contributed by atoms with E-state index in [-0.39, 0.29) is 5.69 Å². The molecule has 6 aromatic rings. The van der Waals surface area contributed by atoms with Crippen LogP contribution in [-0.2, 0) is 0 Å². The molecule has 156 valence electrons. The fraction of sp³-hybridized carbons (Fsp3) is 0.0455. The van der Waals surface area contributed by atoms with Crippen LogP contribution in [0.15, 0.2) is 65.7 Å². The Hall–Kier alpha value is -4.24. The fourth-order valence-electron chi connectivity index (χ4n) is 3.86. The normalized spacial score (nSPS) is 11.6. The zero-order valence-corrected chi connectivity index (χ0v) is 17.5. The van der Waals surface area contributed by atoms with Gasteiger partial charge in [0.2, 0.25) is 0 Å². The Morgan fingerprint density at radius 3 is 2.62 bits per heavy atom. The lowest BCUT2D eigenvalue weighted by atomic mass is 10.1. The fourth-order valence-corrected chi connectivity index (χ4v) is 4.12. The molecule has 2 N–H and O–H groups in total. The summed E-state index contributed by atoms with van der Waals surface area (Å²) in [5.41, 5.74) is 6.77. The smallest absolute Gasteiger partial charge is 0.306 e. The van der Waals surface area contributed by atoms with Crippen LogP contribution in [0, 0.1) is 6.92 Å². The van der Waals surface area contributed by atoms with Gasteiger partial charge in [-0.15, -0.1) is 5.10 Å². The van der Waals surface area contributed by atoms with Crippen LogP contribution in [0.3, 0.4) is 0 Å². The van der Waals surface area contributed by atoms with Gasteiger partial charge in [-0.25, -0.2) is 14.2 Å². The lowest BCUT2D eigenvalue weighted by Crippen LogP contribution is -2.00. The number of aromatic nitrogens is 8. The molecule has 0 saturated heterocycles. The second-order valence-electron chi connectivity index (χ2n) is 7.42. The Labute approximate surface area is 185 Å². The van der Waals surface area contributed by atoms with Crippen LogP contribution < -0.4 is 5.69 Å². The van der Waals surface area contributed by atoms with Crippen molar-refractivity contribution >= 4 is 33.7 Å². The minimum Gasteiger partial charge on any atom is -0.306 e. The lowest BCUT2D eigenvalue weighted by molar-refractivity contribution is 0.825. The van der Waals surface area contributed by atoms with Crippen LogP contribution in [-0.4, -0.2) is 39.7 Å². The summed E-state index contributed by atoms with van der Waals surface area (Å²) in [6, 6.07) is 15.2. The number of hydrogen-bond donors (Lipinski definition) is 2. The van der Waals surface area contributed by atoms with Gasteiger partial charge in [-0.2, -0.15) is 5.10 Å². The topological polar surface area (TPSA) is 110 Å². The van der Waals surface area contributed by atoms with Gasteiger partial charge in [-0.05, 0) is 55.5 Å². The van der Waals surface area contributed by atoms with Crippen LogP contribution in [0.5, 0.6) is 0 Å². The number of aryl methyl sites for hydroxylation is 1. The number of rotatable bonds is 3. The van der Waals surface area contributed by atoms with Crippen molar-refractivity contribution in [1.29, 1.82) is 0 Å². The summed E-state index contributed by atoms with van der Waals surface area (Å²) in [5, 5.41) is 13.5. The second kappa shape index (κ2) is 6.89. The lowest BCUT2D eigenvalue weighted by Gasteiger charge is -2.10. The number of aromatic amines is 2. The summed E-state index contributed by atoms with van der Waals surface area (Å²) in [6.07, 6.45) is 3.50. The Kier molecular flexibility index (Phi) is 3.99. The van der Waals surface area contributed by atoms with Crippen molar-refractivity contribution in [1.82, 2.24) is 39.7 Å². The summed E-state index contributed by atoms with van der Waals surface area (Å²) in [4.78, 5) is 21.4. The van der Waals surface area contributed by atoms with Gasteiger partial charge in [-0.3, -0.25) is 4.98 Å². The van der Waals surface area contributed by atoms with Crippen molar-refractivity contribution in [2.24, 2.45) is 0 Å². The summed E-state index contributed by atoms with van der Waals surface area (Å²) < 4.78 is 3.55. The number of imidazole rings is 1. The Balaban J connectivity index is 1.53. The van der Waals surface area contributed by atoms with E-state index >= 15 is 0 Å². The molecule has 0 radical (unpaired) electrons. The van der Waals surface area contributed by atoms with E-state index in [2.05, 4.69) is 30.4 Å². The highest BCUT2D eigenvalue weighted by Gasteiger charge is 2.16. The van der Waals surface area contributed by atoms with E-state index in [1.54, 1.807) is 17.1 Å². The SMILES string of the molecule is Cc1cc(-n2nccc2-c2cc(Cl)c3nnn(-c4ccc5[nH]c(=O)[nH]c5c4)c3c2)ccn1. The minimum absolute atomic E-state index is 0.259. The molecule has 2 aromatic carbocycles. The van der Waals surface area contributed by atoms with Gasteiger partial charge >= 0.3 is 5.69 Å². The predicted octanol–water partition coefficient (Wildman–Crippen LogP) is 3.80. The first-order valence-corrected chi connectivity index (χ1v) is 10.2. The minimum atomic E-state index is -0.259. The number of nitrogens with zero attached hydrogens (tertiary/aromatic N) is 6. The van der Waals surface area contributed by atoms with Gasteiger partial charge in [-0.1, -0.05) is 16.8 Å². The van der Waals surface area contributed by atoms with E-state index < -0.39 is 0 Å². The van der Waals surface area contributed by atoms with Crippen molar-refractivity contribution in [3.8, 4) is 22.6 Å². The quantitative estimate of drug-likeness (QED) is 0.433. The van der Waals surface area contributed by atoms with Crippen LogP contribution in [0.2, 0.25) is 5.02 Å². The van der Waals surface area contributed by atoms with Crippen LogP contribution in [0.25, 0.3) is 44.7 Å². The predicted molar refractivity (Wildman–Crippen MR) is 121 cm³/mol. The Morgan fingerprint density at radius 1 is 0.906 bits per heavy atom. The van der Waals surface area contributed by atoms with Gasteiger partial charge in [0.05, 0.1) is 44.8 Å². The van der Waals surface area contributed by atoms with Crippen molar-refractivity contribution in [3.05, 3.63) is 82.1 Å². The highest BCUT2D eigenvalue weighted by molar-refractivity contribution is 6.35. The third-order valence-electron chi connectivity index (χ3n) is 5.31. The first-order valence-electron chi connectivity index (χ1n) is 9.82. The molecule has 0 aliphatic rings. The summed E-state index contributed by atoms with van der Waals surface area (Å²) >= 11 is 6.59. The van der Waals surface area contributed by atoms with Crippen LogP contribution in [0.4, 0.5) is 0 Å². The van der Waals surface area contributed by atoms with Crippen molar-refractivity contribution in [3.63, 3.8) is 0 Å². The zero-order valence-electron chi connectivity index (χ0n) is 16.7. The molecule has 10 heteroatoms. The molecule has 32 heavy (non-hydrogen) atoms. The maximum Gasteiger partial charge on any atom is 0.323 e. The van der Waals surface area contributed by atoms with E-state index in [1.165, 1.54) is 0 Å². The molecule has 0 fully saturated rings. The van der Waals surface area contributed by atoms with Gasteiger partial charge in [0.25, 0.3) is 0 Å². The Bertz CT molecular complexity index is 1690. The van der Waals surface area contributed by atoms with Crippen LogP contribution in [0.1, 0.15) is 5.69 Å². The van der Waals surface area contributed by atoms with Crippen molar-refractivity contribution < 1.29 is 0 Å². The summed E-state index contributed by atoms with van der Waals surface area (Å²) in [7, 11) is 0. The average molecular weight is 443 g/mol. The van der Waals surface area contributed by atoms with Crippen molar-refractivity contribution in [2.75, 3.05) is 0 Å². The van der Waals surface area contributed by atoms with E-state index in [1.807, 2.05) is 60.1 Å². The molecular formula is C22H15ClN8O.